The van der Waals surface area contributed by atoms with Crippen molar-refractivity contribution in [1.29, 1.82) is 0 Å². The van der Waals surface area contributed by atoms with Crippen LogP contribution in [0.1, 0.15) is 30.4 Å². The van der Waals surface area contributed by atoms with E-state index in [1.165, 1.54) is 12.1 Å². The molecule has 0 aliphatic carbocycles. The first-order valence-electron chi connectivity index (χ1n) is 10.00. The highest BCUT2D eigenvalue weighted by molar-refractivity contribution is 7.91. The van der Waals surface area contributed by atoms with Gasteiger partial charge in [-0.1, -0.05) is 12.1 Å². The first-order valence-corrected chi connectivity index (χ1v) is 11.8. The number of hydrogen-bond donors (Lipinski definition) is 0. The second kappa shape index (κ2) is 9.23. The third kappa shape index (κ3) is 6.18. The van der Waals surface area contributed by atoms with Gasteiger partial charge in [0.1, 0.15) is 0 Å². The summed E-state index contributed by atoms with van der Waals surface area (Å²) in [6.45, 7) is 1.36. The maximum absolute atomic E-state index is 13.0. The van der Waals surface area contributed by atoms with Gasteiger partial charge in [0.2, 0.25) is 5.91 Å². The highest BCUT2D eigenvalue weighted by atomic mass is 32.2. The molecule has 0 bridgehead atoms. The fourth-order valence-electron chi connectivity index (χ4n) is 3.97. The van der Waals surface area contributed by atoms with Crippen molar-refractivity contribution in [3.05, 3.63) is 35.4 Å². The molecule has 1 amide bonds. The Morgan fingerprint density at radius 2 is 1.90 bits per heavy atom. The van der Waals surface area contributed by atoms with E-state index in [0.717, 1.165) is 25.0 Å². The van der Waals surface area contributed by atoms with Gasteiger partial charge in [-0.2, -0.15) is 13.2 Å². The Hall–Kier alpha value is -1.65. The molecule has 1 aromatic rings. The Kier molecular flexibility index (Phi) is 7.09. The van der Waals surface area contributed by atoms with Gasteiger partial charge >= 0.3 is 6.18 Å². The van der Waals surface area contributed by atoms with Crippen molar-refractivity contribution in [3.8, 4) is 0 Å². The van der Waals surface area contributed by atoms with Crippen molar-refractivity contribution in [2.75, 3.05) is 38.2 Å². The minimum atomic E-state index is -4.38. The Morgan fingerprint density at radius 1 is 1.20 bits per heavy atom. The number of carbonyl (C=O) groups excluding carboxylic acids is 1. The molecule has 2 unspecified atom stereocenters. The monoisotopic (exact) mass is 448 g/mol. The molecule has 2 atom stereocenters. The largest absolute Gasteiger partial charge is 0.416 e. The maximum atomic E-state index is 13.0. The normalized spacial score (nSPS) is 23.8. The van der Waals surface area contributed by atoms with Crippen LogP contribution >= 0.6 is 0 Å². The van der Waals surface area contributed by atoms with Gasteiger partial charge < -0.3 is 9.64 Å². The quantitative estimate of drug-likeness (QED) is 0.641. The third-order valence-electron chi connectivity index (χ3n) is 5.53. The molecular formula is C20H27F3N2O4S. The van der Waals surface area contributed by atoms with Gasteiger partial charge in [0, 0.05) is 25.7 Å². The molecule has 10 heteroatoms. The molecule has 2 fully saturated rings. The SMILES string of the molecule is CN(CC(=O)N(CC1CCCO1)C1CCS(=O)(=O)C1)Cc1ccc(C(F)(F)F)cc1. The fourth-order valence-corrected chi connectivity index (χ4v) is 5.70. The molecule has 0 spiro atoms. The molecular weight excluding hydrogens is 421 g/mol. The second-order valence-corrected chi connectivity index (χ2v) is 10.3. The molecule has 0 saturated carbocycles. The van der Waals surface area contributed by atoms with Crippen LogP contribution < -0.4 is 0 Å². The van der Waals surface area contributed by atoms with E-state index in [-0.39, 0.29) is 36.1 Å². The number of likely N-dealkylation sites (N-methyl/N-ethyl adjacent to an activating group) is 1. The second-order valence-electron chi connectivity index (χ2n) is 8.10. The summed E-state index contributed by atoms with van der Waals surface area (Å²) in [4.78, 5) is 16.3. The number of benzene rings is 1. The minimum Gasteiger partial charge on any atom is -0.376 e. The van der Waals surface area contributed by atoms with Gasteiger partial charge in [-0.05, 0) is 44.0 Å². The number of alkyl halides is 3. The van der Waals surface area contributed by atoms with E-state index < -0.39 is 21.6 Å². The molecule has 0 aromatic heterocycles. The van der Waals surface area contributed by atoms with E-state index in [4.69, 9.17) is 4.74 Å². The predicted molar refractivity (Wildman–Crippen MR) is 106 cm³/mol. The van der Waals surface area contributed by atoms with Crippen LogP contribution in [-0.4, -0.2) is 74.5 Å². The van der Waals surface area contributed by atoms with Gasteiger partial charge in [0.15, 0.2) is 9.84 Å². The molecule has 168 valence electrons. The Balaban J connectivity index is 1.62. The number of carbonyl (C=O) groups is 1. The molecule has 2 heterocycles. The van der Waals surface area contributed by atoms with Crippen LogP contribution in [0, 0.1) is 0 Å². The summed E-state index contributed by atoms with van der Waals surface area (Å²) in [6.07, 6.45) is -2.29. The standard InChI is InChI=1S/C20H27F3N2O4S/c1-24(11-15-4-6-16(7-5-15)20(21,22)23)13-19(26)25(12-18-3-2-9-29-18)17-8-10-30(27,28)14-17/h4-7,17-18H,2-3,8-14H2,1H3. The fraction of sp³-hybridized carbons (Fsp3) is 0.650. The van der Waals surface area contributed by atoms with Gasteiger partial charge in [-0.25, -0.2) is 8.42 Å². The van der Waals surface area contributed by atoms with Crippen LogP contribution in [0.25, 0.3) is 0 Å². The highest BCUT2D eigenvalue weighted by Gasteiger charge is 2.36. The van der Waals surface area contributed by atoms with Crippen LogP contribution in [-0.2, 0) is 32.1 Å². The van der Waals surface area contributed by atoms with Gasteiger partial charge in [0.25, 0.3) is 0 Å². The summed E-state index contributed by atoms with van der Waals surface area (Å²) < 4.78 is 67.5. The maximum Gasteiger partial charge on any atom is 0.416 e. The van der Waals surface area contributed by atoms with E-state index >= 15 is 0 Å². The lowest BCUT2D eigenvalue weighted by atomic mass is 10.1. The van der Waals surface area contributed by atoms with Crippen LogP contribution in [0.3, 0.4) is 0 Å². The van der Waals surface area contributed by atoms with E-state index in [0.29, 0.717) is 31.7 Å². The molecule has 0 N–H and O–H groups in total. The smallest absolute Gasteiger partial charge is 0.376 e. The molecule has 2 saturated heterocycles. The summed E-state index contributed by atoms with van der Waals surface area (Å²) in [5.41, 5.74) is -0.0532. The van der Waals surface area contributed by atoms with Crippen LogP contribution in [0.5, 0.6) is 0 Å². The summed E-state index contributed by atoms with van der Waals surface area (Å²) in [6, 6.07) is 4.50. The van der Waals surface area contributed by atoms with Gasteiger partial charge in [-0.15, -0.1) is 0 Å². The summed E-state index contributed by atoms with van der Waals surface area (Å²) >= 11 is 0. The summed E-state index contributed by atoms with van der Waals surface area (Å²) in [5, 5.41) is 0. The Morgan fingerprint density at radius 3 is 2.43 bits per heavy atom. The van der Waals surface area contributed by atoms with Gasteiger partial charge in [-0.3, -0.25) is 9.69 Å². The lowest BCUT2D eigenvalue weighted by molar-refractivity contribution is -0.137. The summed E-state index contributed by atoms with van der Waals surface area (Å²) in [5.74, 6) is -0.148. The molecule has 0 radical (unpaired) electrons. The van der Waals surface area contributed by atoms with Crippen LogP contribution in [0.2, 0.25) is 0 Å². The average molecular weight is 449 g/mol. The number of rotatable bonds is 7. The highest BCUT2D eigenvalue weighted by Crippen LogP contribution is 2.29. The number of hydrogen-bond acceptors (Lipinski definition) is 5. The van der Waals surface area contributed by atoms with Crippen molar-refractivity contribution >= 4 is 15.7 Å². The van der Waals surface area contributed by atoms with E-state index in [1.54, 1.807) is 16.8 Å². The number of amides is 1. The first-order chi connectivity index (χ1) is 14.0. The number of ether oxygens (including phenoxy) is 1. The van der Waals surface area contributed by atoms with Crippen molar-refractivity contribution in [1.82, 2.24) is 9.80 Å². The van der Waals surface area contributed by atoms with Crippen LogP contribution in [0.15, 0.2) is 24.3 Å². The minimum absolute atomic E-state index is 0.0337. The number of nitrogens with zero attached hydrogens (tertiary/aromatic N) is 2. The predicted octanol–water partition coefficient (Wildman–Crippen LogP) is 2.33. The lowest BCUT2D eigenvalue weighted by Gasteiger charge is -2.32. The lowest BCUT2D eigenvalue weighted by Crippen LogP contribution is -2.48. The zero-order valence-corrected chi connectivity index (χ0v) is 17.7. The topological polar surface area (TPSA) is 66.9 Å². The zero-order valence-electron chi connectivity index (χ0n) is 16.9. The first kappa shape index (κ1) is 23.0. The molecule has 1 aromatic carbocycles. The van der Waals surface area contributed by atoms with Crippen LogP contribution in [0.4, 0.5) is 13.2 Å². The molecule has 3 rings (SSSR count). The third-order valence-corrected chi connectivity index (χ3v) is 7.28. The van der Waals surface area contributed by atoms with E-state index in [1.807, 2.05) is 0 Å². The zero-order chi connectivity index (χ0) is 21.9. The molecule has 2 aliphatic heterocycles. The van der Waals surface area contributed by atoms with Crippen molar-refractivity contribution in [3.63, 3.8) is 0 Å². The molecule has 2 aliphatic rings. The molecule has 6 nitrogen and oxygen atoms in total. The number of halogens is 3. The van der Waals surface area contributed by atoms with Crippen molar-refractivity contribution < 1.29 is 31.1 Å². The van der Waals surface area contributed by atoms with Crippen molar-refractivity contribution in [2.24, 2.45) is 0 Å². The summed E-state index contributed by atoms with van der Waals surface area (Å²) in [7, 11) is -1.43. The van der Waals surface area contributed by atoms with Gasteiger partial charge in [0.05, 0.1) is 29.7 Å². The Bertz CT molecular complexity index is 837. The Labute approximate surface area is 174 Å². The molecule has 30 heavy (non-hydrogen) atoms. The van der Waals surface area contributed by atoms with E-state index in [2.05, 4.69) is 0 Å². The van der Waals surface area contributed by atoms with E-state index in [9.17, 15) is 26.4 Å². The average Bonchev–Trinajstić information content (AvgIpc) is 3.28. The number of sulfone groups is 1. The van der Waals surface area contributed by atoms with Crippen molar-refractivity contribution in [2.45, 2.75) is 44.1 Å².